The summed E-state index contributed by atoms with van der Waals surface area (Å²) in [6, 6.07) is 11.3. The third-order valence-electron chi connectivity index (χ3n) is 6.36. The minimum absolute atomic E-state index is 0.0103. The zero-order chi connectivity index (χ0) is 30.6. The number of rotatable bonds is 15. The van der Waals surface area contributed by atoms with Crippen LogP contribution in [0.25, 0.3) is 0 Å². The van der Waals surface area contributed by atoms with Crippen molar-refractivity contribution in [2.75, 3.05) is 46.7 Å². The fourth-order valence-electron chi connectivity index (χ4n) is 4.40. The molecule has 1 atom stereocenters. The molecule has 0 spiro atoms. The summed E-state index contributed by atoms with van der Waals surface area (Å²) in [5, 5.41) is 17.6. The summed E-state index contributed by atoms with van der Waals surface area (Å²) in [5.74, 6) is -2.16. The highest BCUT2D eigenvalue weighted by Gasteiger charge is 2.40. The first-order valence-corrected chi connectivity index (χ1v) is 13.9. The number of hydrogen-bond acceptors (Lipinski definition) is 10. The molecule has 42 heavy (non-hydrogen) atoms. The normalized spacial score (nSPS) is 14.9. The number of hydrogen-bond donors (Lipinski definition) is 2. The first kappa shape index (κ1) is 33.0. The number of methoxy groups -OCH3 is 1. The van der Waals surface area contributed by atoms with Crippen LogP contribution in [-0.4, -0.2) is 63.6 Å². The standard InChI is InChI=1S/C29H33Cl2N3O8/c1-4-42-29(36)26-23(17-41-15-14-40-13-12-32-16-19-8-10-20(11-9-19)34(37)38)33-18(2)24(28(35)39-3)25(26)21-6-5-7-22(30)27(21)31/h5-11,25,32-33H,4,12-17H2,1-3H3. The quantitative estimate of drug-likeness (QED) is 0.125. The minimum Gasteiger partial charge on any atom is -0.466 e. The zero-order valence-electron chi connectivity index (χ0n) is 23.5. The number of halogens is 2. The highest BCUT2D eigenvalue weighted by molar-refractivity contribution is 6.42. The van der Waals surface area contributed by atoms with E-state index in [1.54, 1.807) is 44.2 Å². The van der Waals surface area contributed by atoms with Crippen LogP contribution < -0.4 is 10.6 Å². The highest BCUT2D eigenvalue weighted by Crippen LogP contribution is 2.43. The van der Waals surface area contributed by atoms with Gasteiger partial charge in [0.25, 0.3) is 5.69 Å². The first-order valence-electron chi connectivity index (χ1n) is 13.2. The van der Waals surface area contributed by atoms with Crippen molar-refractivity contribution >= 4 is 40.8 Å². The molecular formula is C29H33Cl2N3O8. The number of carbonyl (C=O) groups excluding carboxylic acids is 2. The van der Waals surface area contributed by atoms with Gasteiger partial charge in [-0.3, -0.25) is 10.1 Å². The van der Waals surface area contributed by atoms with E-state index in [1.165, 1.54) is 19.2 Å². The number of nitrogens with one attached hydrogen (secondary N) is 2. The third kappa shape index (κ3) is 8.52. The largest absolute Gasteiger partial charge is 0.466 e. The van der Waals surface area contributed by atoms with Crippen molar-refractivity contribution in [3.8, 4) is 0 Å². The van der Waals surface area contributed by atoms with Crippen LogP contribution in [0.3, 0.4) is 0 Å². The molecule has 0 aromatic heterocycles. The number of allylic oxidation sites excluding steroid dienone is 1. The number of esters is 2. The average Bonchev–Trinajstić information content (AvgIpc) is 2.97. The number of carbonyl (C=O) groups is 2. The van der Waals surface area contributed by atoms with Crippen LogP contribution in [0.15, 0.2) is 65.0 Å². The van der Waals surface area contributed by atoms with Gasteiger partial charge in [-0.1, -0.05) is 47.5 Å². The minimum atomic E-state index is -0.902. The van der Waals surface area contributed by atoms with E-state index in [0.717, 1.165) is 5.56 Å². The number of ether oxygens (including phenoxy) is 4. The van der Waals surface area contributed by atoms with E-state index in [2.05, 4.69) is 10.6 Å². The Bertz CT molecular complexity index is 1340. The zero-order valence-corrected chi connectivity index (χ0v) is 25.0. The van der Waals surface area contributed by atoms with E-state index >= 15 is 0 Å². The van der Waals surface area contributed by atoms with Crippen LogP contribution in [0.2, 0.25) is 10.0 Å². The van der Waals surface area contributed by atoms with E-state index in [1.807, 2.05) is 0 Å². The molecule has 226 valence electrons. The molecule has 1 heterocycles. The molecular weight excluding hydrogens is 589 g/mol. The lowest BCUT2D eigenvalue weighted by molar-refractivity contribution is -0.384. The van der Waals surface area contributed by atoms with Crippen molar-refractivity contribution in [2.24, 2.45) is 0 Å². The number of nitrogens with zero attached hydrogens (tertiary/aromatic N) is 1. The molecule has 0 aliphatic carbocycles. The van der Waals surface area contributed by atoms with E-state index in [9.17, 15) is 19.7 Å². The number of non-ortho nitro benzene ring substituents is 1. The molecule has 1 unspecified atom stereocenters. The SMILES string of the molecule is CCOC(=O)C1=C(COCCOCCNCc2ccc([N+](=O)[O-])cc2)NC(C)=C(C(=O)OC)C1c1cccc(Cl)c1Cl. The number of dihydropyridines is 1. The molecule has 11 nitrogen and oxygen atoms in total. The molecule has 0 fully saturated rings. The van der Waals surface area contributed by atoms with Crippen molar-refractivity contribution < 1.29 is 33.5 Å². The molecule has 1 aliphatic heterocycles. The Hall–Kier alpha value is -3.48. The predicted molar refractivity (Wildman–Crippen MR) is 157 cm³/mol. The van der Waals surface area contributed by atoms with Crippen LogP contribution in [0.4, 0.5) is 5.69 Å². The molecule has 13 heteroatoms. The Balaban J connectivity index is 1.62. The molecule has 0 saturated carbocycles. The van der Waals surface area contributed by atoms with E-state index in [4.69, 9.17) is 42.1 Å². The fraction of sp³-hybridized carbons (Fsp3) is 0.379. The van der Waals surface area contributed by atoms with Crippen LogP contribution in [-0.2, 0) is 35.1 Å². The molecule has 0 saturated heterocycles. The fourth-order valence-corrected chi connectivity index (χ4v) is 4.82. The van der Waals surface area contributed by atoms with Gasteiger partial charge in [-0.25, -0.2) is 9.59 Å². The molecule has 0 radical (unpaired) electrons. The number of nitro benzene ring substituents is 1. The van der Waals surface area contributed by atoms with Crippen molar-refractivity contribution in [3.63, 3.8) is 0 Å². The second-order valence-electron chi connectivity index (χ2n) is 9.11. The molecule has 0 bridgehead atoms. The van der Waals surface area contributed by atoms with Gasteiger partial charge in [-0.2, -0.15) is 0 Å². The second kappa shape index (κ2) is 16.2. The average molecular weight is 623 g/mol. The maximum Gasteiger partial charge on any atom is 0.336 e. The lowest BCUT2D eigenvalue weighted by atomic mass is 9.80. The summed E-state index contributed by atoms with van der Waals surface area (Å²) in [7, 11) is 1.26. The van der Waals surface area contributed by atoms with Gasteiger partial charge in [0.2, 0.25) is 0 Å². The van der Waals surface area contributed by atoms with Gasteiger partial charge >= 0.3 is 11.9 Å². The Morgan fingerprint density at radius 2 is 1.74 bits per heavy atom. The summed E-state index contributed by atoms with van der Waals surface area (Å²) in [6.07, 6.45) is 0. The Morgan fingerprint density at radius 1 is 1.02 bits per heavy atom. The van der Waals surface area contributed by atoms with Gasteiger partial charge in [0.05, 0.1) is 77.9 Å². The van der Waals surface area contributed by atoms with Crippen molar-refractivity contribution in [2.45, 2.75) is 26.3 Å². The van der Waals surface area contributed by atoms with Gasteiger partial charge in [0, 0.05) is 30.9 Å². The number of benzene rings is 2. The second-order valence-corrected chi connectivity index (χ2v) is 9.89. The van der Waals surface area contributed by atoms with Gasteiger partial charge in [0.15, 0.2) is 0 Å². The molecule has 2 aromatic carbocycles. The smallest absolute Gasteiger partial charge is 0.336 e. The lowest BCUT2D eigenvalue weighted by Crippen LogP contribution is -2.35. The summed E-state index contributed by atoms with van der Waals surface area (Å²) >= 11 is 12.8. The Labute approximate surface area is 253 Å². The van der Waals surface area contributed by atoms with Crippen LogP contribution in [0.5, 0.6) is 0 Å². The van der Waals surface area contributed by atoms with E-state index in [-0.39, 0.29) is 46.7 Å². The predicted octanol–water partition coefficient (Wildman–Crippen LogP) is 4.68. The maximum absolute atomic E-state index is 13.2. The van der Waals surface area contributed by atoms with Crippen LogP contribution in [0.1, 0.15) is 30.9 Å². The summed E-state index contributed by atoms with van der Waals surface area (Å²) < 4.78 is 21.8. The molecule has 0 amide bonds. The third-order valence-corrected chi connectivity index (χ3v) is 7.19. The summed E-state index contributed by atoms with van der Waals surface area (Å²) in [6.45, 7) is 5.59. The lowest BCUT2D eigenvalue weighted by Gasteiger charge is -2.31. The summed E-state index contributed by atoms with van der Waals surface area (Å²) in [5.41, 5.74) is 2.70. The molecule has 2 N–H and O–H groups in total. The van der Waals surface area contributed by atoms with Gasteiger partial charge in [-0.15, -0.1) is 0 Å². The Morgan fingerprint density at radius 3 is 2.40 bits per heavy atom. The van der Waals surface area contributed by atoms with Crippen molar-refractivity contribution in [3.05, 3.63) is 96.3 Å². The first-order chi connectivity index (χ1) is 20.2. The van der Waals surface area contributed by atoms with Gasteiger partial charge in [-0.05, 0) is 31.0 Å². The highest BCUT2D eigenvalue weighted by atomic mass is 35.5. The maximum atomic E-state index is 13.2. The van der Waals surface area contributed by atoms with Gasteiger partial charge < -0.3 is 29.6 Å². The van der Waals surface area contributed by atoms with E-state index in [0.29, 0.717) is 43.3 Å². The molecule has 3 rings (SSSR count). The Kier molecular flexibility index (Phi) is 12.8. The van der Waals surface area contributed by atoms with Crippen molar-refractivity contribution in [1.82, 2.24) is 10.6 Å². The molecule has 1 aliphatic rings. The molecule has 2 aromatic rings. The van der Waals surface area contributed by atoms with Crippen LogP contribution >= 0.6 is 23.2 Å². The van der Waals surface area contributed by atoms with Crippen LogP contribution in [0, 0.1) is 10.1 Å². The number of nitro groups is 1. The topological polar surface area (TPSA) is 138 Å². The monoisotopic (exact) mass is 621 g/mol. The summed E-state index contributed by atoms with van der Waals surface area (Å²) in [4.78, 5) is 36.4. The van der Waals surface area contributed by atoms with Crippen molar-refractivity contribution in [1.29, 1.82) is 0 Å². The van der Waals surface area contributed by atoms with E-state index < -0.39 is 22.8 Å². The van der Waals surface area contributed by atoms with Gasteiger partial charge in [0.1, 0.15) is 0 Å².